The molecular formula is C19H20N2O4S. The summed E-state index contributed by atoms with van der Waals surface area (Å²) < 4.78 is 9.98. The smallest absolute Gasteiger partial charge is 0.413 e. The topological polar surface area (TPSA) is 76.7 Å². The molecule has 2 N–H and O–H groups in total. The van der Waals surface area contributed by atoms with Gasteiger partial charge in [-0.15, -0.1) is 0 Å². The van der Waals surface area contributed by atoms with Crippen molar-refractivity contribution in [2.75, 3.05) is 13.2 Å². The third-order valence-electron chi connectivity index (χ3n) is 3.48. The van der Waals surface area contributed by atoms with Crippen LogP contribution in [0.5, 0.6) is 0 Å². The molecule has 2 aromatic rings. The first-order valence-electron chi connectivity index (χ1n) is 8.06. The van der Waals surface area contributed by atoms with Crippen molar-refractivity contribution in [2.24, 2.45) is 0 Å². The first-order chi connectivity index (χ1) is 12.6. The first-order valence-corrected chi connectivity index (χ1v) is 8.47. The van der Waals surface area contributed by atoms with Gasteiger partial charge in [-0.25, -0.2) is 9.59 Å². The standard InChI is InChI=1S/C19H20N2O4S/c1-3-12-25-17(22)16(20-18(26)21-19(23)24-4-2)15-11-7-9-13-8-5-6-10-14(13)15/h3,5-11,16H,1,4,12H2,2H3,(H2,20,21,23,26). The summed E-state index contributed by atoms with van der Waals surface area (Å²) in [5, 5.41) is 7.02. The van der Waals surface area contributed by atoms with Gasteiger partial charge in [0.25, 0.3) is 0 Å². The third-order valence-corrected chi connectivity index (χ3v) is 3.70. The molecule has 1 atom stereocenters. The van der Waals surface area contributed by atoms with Crippen molar-refractivity contribution in [1.29, 1.82) is 0 Å². The van der Waals surface area contributed by atoms with Crippen molar-refractivity contribution in [3.63, 3.8) is 0 Å². The van der Waals surface area contributed by atoms with E-state index in [1.807, 2.05) is 42.5 Å². The van der Waals surface area contributed by atoms with Crippen LogP contribution in [0.25, 0.3) is 10.8 Å². The van der Waals surface area contributed by atoms with Crippen LogP contribution in [0.4, 0.5) is 4.79 Å². The highest BCUT2D eigenvalue weighted by molar-refractivity contribution is 7.80. The number of fused-ring (bicyclic) bond motifs is 1. The highest BCUT2D eigenvalue weighted by atomic mass is 32.1. The lowest BCUT2D eigenvalue weighted by molar-refractivity contribution is -0.144. The fraction of sp³-hybridized carbons (Fsp3) is 0.211. The molecule has 0 aromatic heterocycles. The van der Waals surface area contributed by atoms with Gasteiger partial charge in [0.1, 0.15) is 6.61 Å². The van der Waals surface area contributed by atoms with E-state index in [1.165, 1.54) is 6.08 Å². The fourth-order valence-corrected chi connectivity index (χ4v) is 2.62. The van der Waals surface area contributed by atoms with E-state index in [4.69, 9.17) is 21.7 Å². The van der Waals surface area contributed by atoms with Crippen LogP contribution in [0.15, 0.2) is 55.1 Å². The van der Waals surface area contributed by atoms with Gasteiger partial charge in [-0.1, -0.05) is 55.1 Å². The highest BCUT2D eigenvalue weighted by Crippen LogP contribution is 2.25. The number of esters is 1. The number of ether oxygens (including phenoxy) is 2. The van der Waals surface area contributed by atoms with Crippen LogP contribution < -0.4 is 10.6 Å². The minimum absolute atomic E-state index is 0.0306. The van der Waals surface area contributed by atoms with Crippen LogP contribution in [-0.4, -0.2) is 30.4 Å². The van der Waals surface area contributed by atoms with Crippen molar-refractivity contribution < 1.29 is 19.1 Å². The van der Waals surface area contributed by atoms with Crippen molar-refractivity contribution in [3.05, 3.63) is 60.7 Å². The number of hydrogen-bond donors (Lipinski definition) is 2. The predicted octanol–water partition coefficient (Wildman–Crippen LogP) is 3.23. The molecule has 6 nitrogen and oxygen atoms in total. The average molecular weight is 372 g/mol. The lowest BCUT2D eigenvalue weighted by Gasteiger charge is -2.21. The van der Waals surface area contributed by atoms with E-state index >= 15 is 0 Å². The van der Waals surface area contributed by atoms with Crippen molar-refractivity contribution >= 4 is 40.2 Å². The van der Waals surface area contributed by atoms with Crippen molar-refractivity contribution in [2.45, 2.75) is 13.0 Å². The Morgan fingerprint density at radius 3 is 2.65 bits per heavy atom. The number of hydrogen-bond acceptors (Lipinski definition) is 5. The molecule has 0 bridgehead atoms. The molecule has 2 aromatic carbocycles. The van der Waals surface area contributed by atoms with Gasteiger partial charge in [-0.3, -0.25) is 5.32 Å². The Bertz CT molecular complexity index is 817. The van der Waals surface area contributed by atoms with E-state index in [9.17, 15) is 9.59 Å². The van der Waals surface area contributed by atoms with Crippen molar-refractivity contribution in [1.82, 2.24) is 10.6 Å². The van der Waals surface area contributed by atoms with E-state index in [-0.39, 0.29) is 18.3 Å². The molecule has 0 spiro atoms. The number of carbonyl (C=O) groups is 2. The van der Waals surface area contributed by atoms with Crippen LogP contribution in [0.1, 0.15) is 18.5 Å². The third kappa shape index (κ3) is 5.03. The summed E-state index contributed by atoms with van der Waals surface area (Å²) in [5.74, 6) is -0.533. The number of carbonyl (C=O) groups excluding carboxylic acids is 2. The van der Waals surface area contributed by atoms with Gasteiger partial charge in [-0.05, 0) is 35.5 Å². The maximum Gasteiger partial charge on any atom is 0.413 e. The second kappa shape index (κ2) is 9.53. The number of alkyl carbamates (subject to hydrolysis) is 1. The number of nitrogens with one attached hydrogen (secondary N) is 2. The number of thiocarbonyl (C=S) groups is 1. The molecule has 0 radical (unpaired) electrons. The molecule has 0 heterocycles. The fourth-order valence-electron chi connectivity index (χ4n) is 2.42. The van der Waals surface area contributed by atoms with Crippen molar-refractivity contribution in [3.8, 4) is 0 Å². The summed E-state index contributed by atoms with van der Waals surface area (Å²) in [6.07, 6.45) is 0.786. The van der Waals surface area contributed by atoms with Crippen LogP contribution in [0.2, 0.25) is 0 Å². The van der Waals surface area contributed by atoms with E-state index in [1.54, 1.807) is 6.92 Å². The lowest BCUT2D eigenvalue weighted by atomic mass is 9.99. The summed E-state index contributed by atoms with van der Waals surface area (Å²) in [6, 6.07) is 12.3. The Kier molecular flexibility index (Phi) is 7.11. The molecule has 7 heteroatoms. The second-order valence-corrected chi connectivity index (χ2v) is 5.65. The van der Waals surface area contributed by atoms with E-state index < -0.39 is 18.1 Å². The molecule has 0 saturated heterocycles. The zero-order valence-corrected chi connectivity index (χ0v) is 15.2. The summed E-state index contributed by atoms with van der Waals surface area (Å²) in [5.41, 5.74) is 0.685. The van der Waals surface area contributed by atoms with Crippen LogP contribution in [0, 0.1) is 0 Å². The van der Waals surface area contributed by atoms with Gasteiger partial charge >= 0.3 is 12.1 Å². The monoisotopic (exact) mass is 372 g/mol. The Hall–Kier alpha value is -2.93. The lowest BCUT2D eigenvalue weighted by Crippen LogP contribution is -2.44. The molecule has 0 aliphatic carbocycles. The zero-order valence-electron chi connectivity index (χ0n) is 14.4. The molecule has 0 saturated carbocycles. The predicted molar refractivity (Wildman–Crippen MR) is 104 cm³/mol. The van der Waals surface area contributed by atoms with E-state index in [2.05, 4.69) is 17.2 Å². The number of benzene rings is 2. The van der Waals surface area contributed by atoms with Gasteiger partial charge in [0.2, 0.25) is 0 Å². The number of rotatable bonds is 6. The molecule has 136 valence electrons. The van der Waals surface area contributed by atoms with Crippen LogP contribution >= 0.6 is 12.2 Å². The second-order valence-electron chi connectivity index (χ2n) is 5.24. The molecule has 0 fully saturated rings. The SMILES string of the molecule is C=CCOC(=O)C(NC(=S)NC(=O)OCC)c1cccc2ccccc12. The van der Waals surface area contributed by atoms with E-state index in [0.29, 0.717) is 5.56 Å². The molecule has 26 heavy (non-hydrogen) atoms. The molecule has 0 aliphatic rings. The van der Waals surface area contributed by atoms with Crippen LogP contribution in [0.3, 0.4) is 0 Å². The average Bonchev–Trinajstić information content (AvgIpc) is 2.64. The molecular weight excluding hydrogens is 352 g/mol. The minimum Gasteiger partial charge on any atom is -0.460 e. The molecule has 1 amide bonds. The highest BCUT2D eigenvalue weighted by Gasteiger charge is 2.25. The summed E-state index contributed by atoms with van der Waals surface area (Å²) in [4.78, 5) is 24.1. The Morgan fingerprint density at radius 2 is 1.92 bits per heavy atom. The van der Waals surface area contributed by atoms with Gasteiger partial charge in [0, 0.05) is 0 Å². The van der Waals surface area contributed by atoms with E-state index in [0.717, 1.165) is 10.8 Å². The van der Waals surface area contributed by atoms with Crippen LogP contribution in [-0.2, 0) is 14.3 Å². The molecule has 0 aliphatic heterocycles. The zero-order chi connectivity index (χ0) is 18.9. The molecule has 1 unspecified atom stereocenters. The summed E-state index contributed by atoms with van der Waals surface area (Å²) in [7, 11) is 0. The maximum absolute atomic E-state index is 12.6. The normalized spacial score (nSPS) is 11.3. The minimum atomic E-state index is -0.893. The maximum atomic E-state index is 12.6. The van der Waals surface area contributed by atoms with Gasteiger partial charge in [0.05, 0.1) is 6.61 Å². The van der Waals surface area contributed by atoms with Gasteiger partial charge in [0.15, 0.2) is 11.2 Å². The summed E-state index contributed by atoms with van der Waals surface area (Å²) in [6.45, 7) is 5.50. The first kappa shape index (κ1) is 19.4. The molecule has 2 rings (SSSR count). The van der Waals surface area contributed by atoms with Gasteiger partial charge < -0.3 is 14.8 Å². The summed E-state index contributed by atoms with van der Waals surface area (Å²) >= 11 is 5.12. The Morgan fingerprint density at radius 1 is 1.19 bits per heavy atom. The Balaban J connectivity index is 2.31. The largest absolute Gasteiger partial charge is 0.460 e. The van der Waals surface area contributed by atoms with Gasteiger partial charge in [-0.2, -0.15) is 0 Å². The Labute approximate surface area is 157 Å². The quantitative estimate of drug-likeness (QED) is 0.461. The number of amides is 1.